The first-order valence-electron chi connectivity index (χ1n) is 6.62. The number of nitrogens with zero attached hydrogens (tertiary/aromatic N) is 1. The number of aromatic nitrogens is 1. The lowest BCUT2D eigenvalue weighted by molar-refractivity contribution is 1.10. The normalized spacial score (nSPS) is 10.8. The summed E-state index contributed by atoms with van der Waals surface area (Å²) < 4.78 is 0. The molecule has 2 aromatic rings. The first-order valence-corrected chi connectivity index (χ1v) is 7.60. The third kappa shape index (κ3) is 2.84. The van der Waals surface area contributed by atoms with Crippen molar-refractivity contribution in [3.05, 3.63) is 57.8 Å². The van der Waals surface area contributed by atoms with Crippen molar-refractivity contribution in [3.63, 3.8) is 0 Å². The first-order chi connectivity index (χ1) is 9.02. The molecule has 0 radical (unpaired) electrons. The molecule has 19 heavy (non-hydrogen) atoms. The second-order valence-corrected chi connectivity index (χ2v) is 6.06. The van der Waals surface area contributed by atoms with Crippen LogP contribution < -0.4 is 0 Å². The minimum absolute atomic E-state index is 0.997. The second-order valence-electron chi connectivity index (χ2n) is 5.06. The third-order valence-electron chi connectivity index (χ3n) is 4.16. The maximum atomic E-state index is 4.38. The van der Waals surface area contributed by atoms with E-state index in [9.17, 15) is 0 Å². The summed E-state index contributed by atoms with van der Waals surface area (Å²) >= 11 is 1.81. The lowest BCUT2D eigenvalue weighted by atomic mass is 9.90. The summed E-state index contributed by atoms with van der Waals surface area (Å²) in [6.07, 6.45) is 1.85. The molecule has 1 aromatic heterocycles. The van der Waals surface area contributed by atoms with Gasteiger partial charge in [0, 0.05) is 11.9 Å². The molecule has 0 unspecified atom stereocenters. The predicted octanol–water partition coefficient (Wildman–Crippen LogP) is 4.92. The fraction of sp³-hybridized carbons (Fsp3) is 0.353. The van der Waals surface area contributed by atoms with Gasteiger partial charge in [-0.1, -0.05) is 6.07 Å². The van der Waals surface area contributed by atoms with Crippen molar-refractivity contribution in [1.29, 1.82) is 0 Å². The lowest BCUT2D eigenvalue weighted by Gasteiger charge is -2.18. The maximum absolute atomic E-state index is 4.38. The van der Waals surface area contributed by atoms with Crippen molar-refractivity contribution < 1.29 is 0 Å². The third-order valence-corrected chi connectivity index (χ3v) is 5.13. The summed E-state index contributed by atoms with van der Waals surface area (Å²) in [5.41, 5.74) is 8.63. The smallest absolute Gasteiger partial charge is 0.0963 e. The highest BCUT2D eigenvalue weighted by Crippen LogP contribution is 2.30. The van der Waals surface area contributed by atoms with E-state index in [1.807, 2.05) is 30.1 Å². The molecule has 0 saturated heterocycles. The Morgan fingerprint density at radius 1 is 0.842 bits per heavy atom. The topological polar surface area (TPSA) is 12.9 Å². The minimum Gasteiger partial charge on any atom is -0.250 e. The van der Waals surface area contributed by atoms with Crippen molar-refractivity contribution in [2.75, 3.05) is 0 Å². The molecule has 0 spiro atoms. The van der Waals surface area contributed by atoms with Crippen LogP contribution in [0, 0.1) is 34.6 Å². The van der Waals surface area contributed by atoms with E-state index in [2.05, 4.69) is 45.7 Å². The fourth-order valence-corrected chi connectivity index (χ4v) is 3.41. The molecule has 0 aliphatic rings. The summed E-state index contributed by atoms with van der Waals surface area (Å²) in [7, 11) is 0. The van der Waals surface area contributed by atoms with E-state index in [1.54, 1.807) is 0 Å². The zero-order valence-electron chi connectivity index (χ0n) is 12.4. The summed E-state index contributed by atoms with van der Waals surface area (Å²) in [5.74, 6) is 0.997. The van der Waals surface area contributed by atoms with E-state index in [-0.39, 0.29) is 0 Å². The van der Waals surface area contributed by atoms with Gasteiger partial charge in [0.05, 0.1) is 5.03 Å². The highest BCUT2D eigenvalue weighted by Gasteiger charge is 2.12. The van der Waals surface area contributed by atoms with Crippen LogP contribution in [0.25, 0.3) is 0 Å². The molecule has 0 aliphatic heterocycles. The summed E-state index contributed by atoms with van der Waals surface area (Å²) in [6, 6.07) is 6.07. The van der Waals surface area contributed by atoms with Crippen LogP contribution in [0.1, 0.15) is 33.4 Å². The number of hydrogen-bond acceptors (Lipinski definition) is 2. The van der Waals surface area contributed by atoms with Gasteiger partial charge in [-0.2, -0.15) is 0 Å². The Labute approximate surface area is 120 Å². The van der Waals surface area contributed by atoms with Crippen LogP contribution in [0.15, 0.2) is 29.4 Å². The van der Waals surface area contributed by atoms with Crippen molar-refractivity contribution >= 4 is 11.8 Å². The van der Waals surface area contributed by atoms with Crippen LogP contribution in [0.4, 0.5) is 0 Å². The van der Waals surface area contributed by atoms with E-state index in [0.717, 1.165) is 10.8 Å². The van der Waals surface area contributed by atoms with Gasteiger partial charge < -0.3 is 0 Å². The zero-order chi connectivity index (χ0) is 14.0. The van der Waals surface area contributed by atoms with E-state index < -0.39 is 0 Å². The highest BCUT2D eigenvalue weighted by molar-refractivity contribution is 7.98. The van der Waals surface area contributed by atoms with E-state index in [4.69, 9.17) is 0 Å². The first kappa shape index (κ1) is 14.1. The van der Waals surface area contributed by atoms with Crippen LogP contribution >= 0.6 is 11.8 Å². The van der Waals surface area contributed by atoms with Crippen molar-refractivity contribution in [3.8, 4) is 0 Å². The largest absolute Gasteiger partial charge is 0.250 e. The standard InChI is InChI=1S/C17H21NS/c1-11-12(2)14(4)16(15(5)13(11)3)10-19-17-8-6-7-9-18-17/h6-9H,10H2,1-5H3. The Morgan fingerprint density at radius 3 is 1.95 bits per heavy atom. The van der Waals surface area contributed by atoms with Gasteiger partial charge in [0.2, 0.25) is 0 Å². The zero-order valence-corrected chi connectivity index (χ0v) is 13.2. The van der Waals surface area contributed by atoms with Crippen molar-refractivity contribution in [2.24, 2.45) is 0 Å². The van der Waals surface area contributed by atoms with Gasteiger partial charge in [-0.05, 0) is 80.1 Å². The predicted molar refractivity (Wildman–Crippen MR) is 83.9 cm³/mol. The average Bonchev–Trinajstić information content (AvgIpc) is 2.44. The van der Waals surface area contributed by atoms with E-state index in [1.165, 1.54) is 33.4 Å². The molecule has 1 nitrogen and oxygen atoms in total. The highest BCUT2D eigenvalue weighted by atomic mass is 32.2. The van der Waals surface area contributed by atoms with Gasteiger partial charge in [0.25, 0.3) is 0 Å². The number of hydrogen-bond donors (Lipinski definition) is 0. The average molecular weight is 271 g/mol. The van der Waals surface area contributed by atoms with E-state index in [0.29, 0.717) is 0 Å². The second kappa shape index (κ2) is 5.79. The molecule has 0 fully saturated rings. The van der Waals surface area contributed by atoms with Crippen LogP contribution in [0.2, 0.25) is 0 Å². The Morgan fingerprint density at radius 2 is 1.42 bits per heavy atom. The Balaban J connectivity index is 2.31. The monoisotopic (exact) mass is 271 g/mol. The number of thioether (sulfide) groups is 1. The Hall–Kier alpha value is -1.28. The number of benzene rings is 1. The molecule has 1 aromatic carbocycles. The SMILES string of the molecule is Cc1c(C)c(C)c(CSc2ccccn2)c(C)c1C. The number of pyridine rings is 1. The lowest BCUT2D eigenvalue weighted by Crippen LogP contribution is -2.01. The van der Waals surface area contributed by atoms with Crippen LogP contribution in [-0.2, 0) is 5.75 Å². The van der Waals surface area contributed by atoms with Crippen molar-refractivity contribution in [2.45, 2.75) is 45.4 Å². The molecular formula is C17H21NS. The Kier molecular flexibility index (Phi) is 4.31. The molecule has 0 bridgehead atoms. The molecule has 2 heteroatoms. The van der Waals surface area contributed by atoms with Gasteiger partial charge >= 0.3 is 0 Å². The molecule has 1 heterocycles. The molecule has 0 atom stereocenters. The Bertz CT molecular complexity index is 559. The quantitative estimate of drug-likeness (QED) is 0.735. The van der Waals surface area contributed by atoms with Crippen molar-refractivity contribution in [1.82, 2.24) is 4.98 Å². The summed E-state index contributed by atoms with van der Waals surface area (Å²) in [6.45, 7) is 11.2. The van der Waals surface area contributed by atoms with E-state index >= 15 is 0 Å². The molecule has 0 saturated carbocycles. The molecule has 0 aliphatic carbocycles. The fourth-order valence-electron chi connectivity index (χ4n) is 2.37. The van der Waals surface area contributed by atoms with Gasteiger partial charge in [0.1, 0.15) is 0 Å². The van der Waals surface area contributed by atoms with Gasteiger partial charge in [-0.25, -0.2) is 4.98 Å². The molecular weight excluding hydrogens is 250 g/mol. The number of rotatable bonds is 3. The minimum atomic E-state index is 0.997. The van der Waals surface area contributed by atoms with Gasteiger partial charge in [-0.15, -0.1) is 11.8 Å². The summed E-state index contributed by atoms with van der Waals surface area (Å²) in [4.78, 5) is 4.38. The van der Waals surface area contributed by atoms with Crippen LogP contribution in [0.5, 0.6) is 0 Å². The molecule has 100 valence electrons. The summed E-state index contributed by atoms with van der Waals surface area (Å²) in [5, 5.41) is 1.09. The van der Waals surface area contributed by atoms with Gasteiger partial charge in [0.15, 0.2) is 0 Å². The molecule has 2 rings (SSSR count). The molecule has 0 N–H and O–H groups in total. The maximum Gasteiger partial charge on any atom is 0.0963 e. The van der Waals surface area contributed by atoms with Crippen LogP contribution in [-0.4, -0.2) is 4.98 Å². The van der Waals surface area contributed by atoms with Crippen LogP contribution in [0.3, 0.4) is 0 Å². The van der Waals surface area contributed by atoms with Gasteiger partial charge in [-0.3, -0.25) is 0 Å². The molecule has 0 amide bonds.